The van der Waals surface area contributed by atoms with Gasteiger partial charge in [0.05, 0.1) is 0 Å². The summed E-state index contributed by atoms with van der Waals surface area (Å²) < 4.78 is 0. The lowest BCUT2D eigenvalue weighted by molar-refractivity contribution is -0.124. The van der Waals surface area contributed by atoms with Crippen molar-refractivity contribution in [3.8, 4) is 0 Å². The van der Waals surface area contributed by atoms with Gasteiger partial charge in [-0.25, -0.2) is 0 Å². The lowest BCUT2D eigenvalue weighted by Crippen LogP contribution is -2.46. The first-order chi connectivity index (χ1) is 13.1. The number of rotatable bonds is 7. The molecule has 0 saturated carbocycles. The van der Waals surface area contributed by atoms with E-state index in [0.717, 1.165) is 31.7 Å². The average Bonchev–Trinajstić information content (AvgIpc) is 2.73. The minimum atomic E-state index is 0.0245. The second-order valence-electron chi connectivity index (χ2n) is 7.43. The Bertz CT molecular complexity index is 699. The van der Waals surface area contributed by atoms with Gasteiger partial charge >= 0.3 is 0 Å². The molecule has 1 aliphatic rings. The Morgan fingerprint density at radius 3 is 2.26 bits per heavy atom. The molecule has 0 radical (unpaired) electrons. The molecule has 1 heterocycles. The molecule has 3 nitrogen and oxygen atoms in total. The van der Waals surface area contributed by atoms with Gasteiger partial charge in [-0.3, -0.25) is 9.69 Å². The Morgan fingerprint density at radius 2 is 1.63 bits per heavy atom. The van der Waals surface area contributed by atoms with E-state index in [2.05, 4.69) is 59.6 Å². The highest BCUT2D eigenvalue weighted by atomic mass is 32.2. The van der Waals surface area contributed by atoms with Crippen molar-refractivity contribution in [2.45, 2.75) is 43.7 Å². The molecule has 2 aromatic carbocycles. The largest absolute Gasteiger partial charge is 0.353 e. The Hall–Kier alpha value is -1.78. The fraction of sp³-hybridized carbons (Fsp3) is 0.435. The topological polar surface area (TPSA) is 32.3 Å². The van der Waals surface area contributed by atoms with Crippen molar-refractivity contribution in [1.29, 1.82) is 0 Å². The van der Waals surface area contributed by atoms with E-state index < -0.39 is 0 Å². The Labute approximate surface area is 167 Å². The number of hydrogen-bond acceptors (Lipinski definition) is 3. The van der Waals surface area contributed by atoms with E-state index in [4.69, 9.17) is 0 Å². The Kier molecular flexibility index (Phi) is 7.36. The molecule has 3 rings (SSSR count). The third-order valence-electron chi connectivity index (χ3n) is 5.40. The zero-order valence-corrected chi connectivity index (χ0v) is 17.1. The number of carbonyl (C=O) groups excluding carboxylic acids is 1. The monoisotopic (exact) mass is 382 g/mol. The smallest absolute Gasteiger partial charge is 0.223 e. The van der Waals surface area contributed by atoms with Gasteiger partial charge in [0.15, 0.2) is 0 Å². The van der Waals surface area contributed by atoms with Gasteiger partial charge in [0.1, 0.15) is 0 Å². The van der Waals surface area contributed by atoms with Gasteiger partial charge in [-0.15, -0.1) is 11.8 Å². The first kappa shape index (κ1) is 20.0. The van der Waals surface area contributed by atoms with Gasteiger partial charge in [-0.05, 0) is 37.5 Å². The van der Waals surface area contributed by atoms with E-state index in [0.29, 0.717) is 12.1 Å². The normalized spacial score (nSPS) is 18.0. The lowest BCUT2D eigenvalue weighted by atomic mass is 9.99. The van der Waals surface area contributed by atoms with Crippen molar-refractivity contribution in [2.75, 3.05) is 18.8 Å². The summed E-state index contributed by atoms with van der Waals surface area (Å²) in [6.45, 7) is 6.37. The molecule has 1 N–H and O–H groups in total. The van der Waals surface area contributed by atoms with Crippen LogP contribution in [-0.4, -0.2) is 35.7 Å². The van der Waals surface area contributed by atoms with Crippen LogP contribution in [0.4, 0.5) is 0 Å². The van der Waals surface area contributed by atoms with Crippen molar-refractivity contribution in [3.05, 3.63) is 66.2 Å². The van der Waals surface area contributed by atoms with E-state index in [-0.39, 0.29) is 11.8 Å². The number of piperidine rings is 1. The third kappa shape index (κ3) is 5.85. The van der Waals surface area contributed by atoms with Crippen molar-refractivity contribution < 1.29 is 4.79 Å². The molecule has 2 unspecified atom stereocenters. The maximum atomic E-state index is 12.5. The van der Waals surface area contributed by atoms with Crippen LogP contribution in [0.2, 0.25) is 0 Å². The van der Waals surface area contributed by atoms with Gasteiger partial charge in [-0.2, -0.15) is 0 Å². The molecule has 144 valence electrons. The summed E-state index contributed by atoms with van der Waals surface area (Å²) in [5, 5.41) is 3.28. The van der Waals surface area contributed by atoms with E-state index in [9.17, 15) is 4.79 Å². The summed E-state index contributed by atoms with van der Waals surface area (Å²) in [5.41, 5.74) is 1.37. The van der Waals surface area contributed by atoms with Crippen LogP contribution in [0.25, 0.3) is 0 Å². The molecular formula is C23H30N2OS. The molecule has 4 heteroatoms. The molecule has 1 aliphatic heterocycles. The standard InChI is InChI=1S/C23H30N2OS/c1-18(17-27-22-11-7-4-8-12-22)23(26)24-21-13-15-25(16-14-21)19(2)20-9-5-3-6-10-20/h3-12,18-19,21H,13-17H2,1-2H3,(H,24,26). The minimum Gasteiger partial charge on any atom is -0.353 e. The molecule has 0 aromatic heterocycles. The van der Waals surface area contributed by atoms with Crippen LogP contribution in [-0.2, 0) is 4.79 Å². The highest BCUT2D eigenvalue weighted by Gasteiger charge is 2.25. The summed E-state index contributed by atoms with van der Waals surface area (Å²) in [6.07, 6.45) is 2.06. The van der Waals surface area contributed by atoms with Gasteiger partial charge in [0, 0.05) is 41.7 Å². The Morgan fingerprint density at radius 1 is 1.04 bits per heavy atom. The van der Waals surface area contributed by atoms with Crippen molar-refractivity contribution >= 4 is 17.7 Å². The van der Waals surface area contributed by atoms with Gasteiger partial charge in [0.2, 0.25) is 5.91 Å². The number of nitrogens with zero attached hydrogens (tertiary/aromatic N) is 1. The number of thioether (sulfide) groups is 1. The van der Waals surface area contributed by atoms with Crippen LogP contribution in [0.15, 0.2) is 65.6 Å². The first-order valence-corrected chi connectivity index (χ1v) is 10.9. The average molecular weight is 383 g/mol. The highest BCUT2D eigenvalue weighted by Crippen LogP contribution is 2.24. The van der Waals surface area contributed by atoms with Gasteiger partial charge < -0.3 is 5.32 Å². The summed E-state index contributed by atoms with van der Waals surface area (Å²) in [5.74, 6) is 1.03. The molecule has 1 amide bonds. The molecule has 2 aromatic rings. The molecule has 27 heavy (non-hydrogen) atoms. The fourth-order valence-electron chi connectivity index (χ4n) is 3.53. The number of benzene rings is 2. The van der Waals surface area contributed by atoms with E-state index in [1.807, 2.05) is 25.1 Å². The molecule has 1 fully saturated rings. The summed E-state index contributed by atoms with van der Waals surface area (Å²) in [7, 11) is 0. The SMILES string of the molecule is CC(CSc1ccccc1)C(=O)NC1CCN(C(C)c2ccccc2)CC1. The van der Waals surface area contributed by atoms with E-state index in [1.165, 1.54) is 10.5 Å². The first-order valence-electron chi connectivity index (χ1n) is 9.90. The third-order valence-corrected chi connectivity index (χ3v) is 6.67. The molecule has 0 spiro atoms. The van der Waals surface area contributed by atoms with Crippen molar-refractivity contribution in [3.63, 3.8) is 0 Å². The lowest BCUT2D eigenvalue weighted by Gasteiger charge is -2.36. The summed E-state index contributed by atoms with van der Waals surface area (Å²) in [6, 6.07) is 21.7. The fourth-order valence-corrected chi connectivity index (χ4v) is 4.47. The number of nitrogens with one attached hydrogen (secondary N) is 1. The van der Waals surface area contributed by atoms with Crippen molar-refractivity contribution in [1.82, 2.24) is 10.2 Å². The van der Waals surface area contributed by atoms with E-state index in [1.54, 1.807) is 11.8 Å². The summed E-state index contributed by atoms with van der Waals surface area (Å²) >= 11 is 1.75. The number of likely N-dealkylation sites (tertiary alicyclic amines) is 1. The molecular weight excluding hydrogens is 352 g/mol. The van der Waals surface area contributed by atoms with Crippen LogP contribution < -0.4 is 5.32 Å². The molecule has 2 atom stereocenters. The number of carbonyl (C=O) groups is 1. The highest BCUT2D eigenvalue weighted by molar-refractivity contribution is 7.99. The molecule has 1 saturated heterocycles. The minimum absolute atomic E-state index is 0.0245. The Balaban J connectivity index is 1.41. The predicted octanol–water partition coefficient (Wildman–Crippen LogP) is 4.76. The van der Waals surface area contributed by atoms with Crippen LogP contribution in [0.1, 0.15) is 38.3 Å². The maximum Gasteiger partial charge on any atom is 0.223 e. The van der Waals surface area contributed by atoms with Gasteiger partial charge in [0.25, 0.3) is 0 Å². The zero-order chi connectivity index (χ0) is 19.1. The summed E-state index contributed by atoms with van der Waals surface area (Å²) in [4.78, 5) is 16.3. The van der Waals surface area contributed by atoms with Crippen LogP contribution in [0, 0.1) is 5.92 Å². The number of amides is 1. The second kappa shape index (κ2) is 9.95. The molecule has 0 bridgehead atoms. The quantitative estimate of drug-likeness (QED) is 0.701. The zero-order valence-electron chi connectivity index (χ0n) is 16.3. The second-order valence-corrected chi connectivity index (χ2v) is 8.52. The van der Waals surface area contributed by atoms with Crippen LogP contribution in [0.3, 0.4) is 0 Å². The molecule has 0 aliphatic carbocycles. The van der Waals surface area contributed by atoms with Crippen LogP contribution in [0.5, 0.6) is 0 Å². The predicted molar refractivity (Wildman–Crippen MR) is 114 cm³/mol. The van der Waals surface area contributed by atoms with Gasteiger partial charge in [-0.1, -0.05) is 55.5 Å². The van der Waals surface area contributed by atoms with Crippen LogP contribution >= 0.6 is 11.8 Å². The van der Waals surface area contributed by atoms with E-state index >= 15 is 0 Å². The maximum absolute atomic E-state index is 12.5. The number of hydrogen-bond donors (Lipinski definition) is 1. The van der Waals surface area contributed by atoms with Crippen molar-refractivity contribution in [2.24, 2.45) is 5.92 Å².